The lowest BCUT2D eigenvalue weighted by atomic mass is 10.0. The normalized spacial score (nSPS) is 11.3. The molecule has 0 saturated carbocycles. The number of carbonyl (C=O) groups excluding carboxylic acids is 1. The average Bonchev–Trinajstić information content (AvgIpc) is 2.94. The van der Waals surface area contributed by atoms with Crippen molar-refractivity contribution >= 4 is 23.3 Å². The van der Waals surface area contributed by atoms with Gasteiger partial charge in [0.25, 0.3) is 0 Å². The first kappa shape index (κ1) is 28.4. The van der Waals surface area contributed by atoms with Crippen LogP contribution in [0.1, 0.15) is 34.2 Å². The molecular weight excluding hydrogens is 502 g/mol. The minimum Gasteiger partial charge on any atom is -0.338 e. The van der Waals surface area contributed by atoms with Crippen molar-refractivity contribution < 1.29 is 9.28 Å². The number of nitrogens with one attached hydrogen (secondary N) is 2. The van der Waals surface area contributed by atoms with Crippen molar-refractivity contribution in [3.05, 3.63) is 136 Å². The number of carbonyl (C=O) groups is 1. The molecule has 39 heavy (non-hydrogen) atoms. The Morgan fingerprint density at radius 2 is 1.23 bits per heavy atom. The van der Waals surface area contributed by atoms with Crippen molar-refractivity contribution in [2.45, 2.75) is 39.8 Å². The van der Waals surface area contributed by atoms with Crippen molar-refractivity contribution in [3.8, 4) is 0 Å². The van der Waals surface area contributed by atoms with E-state index < -0.39 is 0 Å². The van der Waals surface area contributed by atoms with Crippen LogP contribution in [0.15, 0.2) is 103 Å². The number of quaternary nitrogens is 1. The number of rotatable bonds is 12. The van der Waals surface area contributed by atoms with Crippen molar-refractivity contribution in [1.82, 2.24) is 5.32 Å². The number of anilines is 1. The van der Waals surface area contributed by atoms with E-state index >= 15 is 0 Å². The zero-order valence-corrected chi connectivity index (χ0v) is 23.8. The van der Waals surface area contributed by atoms with Gasteiger partial charge in [-0.05, 0) is 43.7 Å². The van der Waals surface area contributed by atoms with Crippen LogP contribution < -0.4 is 10.6 Å². The lowest BCUT2D eigenvalue weighted by Crippen LogP contribution is -2.49. The Balaban J connectivity index is 1.51. The quantitative estimate of drug-likeness (QED) is 0.139. The molecule has 4 aromatic carbocycles. The van der Waals surface area contributed by atoms with Crippen LogP contribution in [0.4, 0.5) is 10.5 Å². The molecular formula is C34H39ClN3O+. The van der Waals surface area contributed by atoms with Gasteiger partial charge in [0.2, 0.25) is 0 Å². The molecule has 0 spiro atoms. The average molecular weight is 541 g/mol. The molecule has 0 atom stereocenters. The third kappa shape index (κ3) is 9.27. The summed E-state index contributed by atoms with van der Waals surface area (Å²) >= 11 is 6.16. The fourth-order valence-electron chi connectivity index (χ4n) is 4.98. The second-order valence-corrected chi connectivity index (χ2v) is 11.0. The van der Waals surface area contributed by atoms with E-state index in [1.165, 1.54) is 27.8 Å². The summed E-state index contributed by atoms with van der Waals surface area (Å²) < 4.78 is 0.900. The first-order valence-electron chi connectivity index (χ1n) is 13.7. The lowest BCUT2D eigenvalue weighted by molar-refractivity contribution is -0.953. The van der Waals surface area contributed by atoms with Gasteiger partial charge in [0.05, 0.1) is 13.1 Å². The van der Waals surface area contributed by atoms with Crippen molar-refractivity contribution in [2.24, 2.45) is 0 Å². The first-order chi connectivity index (χ1) is 18.9. The summed E-state index contributed by atoms with van der Waals surface area (Å²) in [6.45, 7) is 8.66. The Kier molecular flexibility index (Phi) is 10.2. The largest absolute Gasteiger partial charge is 0.338 e. The van der Waals surface area contributed by atoms with Gasteiger partial charge in [0, 0.05) is 41.2 Å². The van der Waals surface area contributed by atoms with E-state index in [0.717, 1.165) is 54.2 Å². The Morgan fingerprint density at radius 1 is 0.692 bits per heavy atom. The fourth-order valence-corrected chi connectivity index (χ4v) is 5.10. The number of nitrogens with zero attached hydrogens (tertiary/aromatic N) is 1. The highest BCUT2D eigenvalue weighted by Crippen LogP contribution is 2.23. The number of hydrogen-bond donors (Lipinski definition) is 2. The molecule has 0 saturated heterocycles. The van der Waals surface area contributed by atoms with E-state index in [-0.39, 0.29) is 6.03 Å². The summed E-state index contributed by atoms with van der Waals surface area (Å²) in [5.41, 5.74) is 7.28. The third-order valence-electron chi connectivity index (χ3n) is 7.19. The number of benzene rings is 4. The van der Waals surface area contributed by atoms with Crippen LogP contribution >= 0.6 is 11.6 Å². The summed E-state index contributed by atoms with van der Waals surface area (Å²) in [6, 6.07) is 35.4. The van der Waals surface area contributed by atoms with Gasteiger partial charge in [-0.3, -0.25) is 0 Å². The third-order valence-corrected chi connectivity index (χ3v) is 7.44. The van der Waals surface area contributed by atoms with E-state index in [9.17, 15) is 4.79 Å². The topological polar surface area (TPSA) is 41.1 Å². The minimum absolute atomic E-state index is 0.169. The van der Waals surface area contributed by atoms with Gasteiger partial charge in [-0.15, -0.1) is 0 Å². The Morgan fingerprint density at radius 3 is 1.79 bits per heavy atom. The molecule has 0 aliphatic rings. The van der Waals surface area contributed by atoms with Gasteiger partial charge in [-0.2, -0.15) is 0 Å². The fraction of sp³-hybridized carbons (Fsp3) is 0.265. The molecule has 0 radical (unpaired) electrons. The van der Waals surface area contributed by atoms with E-state index in [4.69, 9.17) is 11.6 Å². The smallest absolute Gasteiger partial charge is 0.319 e. The molecule has 0 aliphatic heterocycles. The maximum atomic E-state index is 12.5. The first-order valence-corrected chi connectivity index (χ1v) is 14.1. The maximum Gasteiger partial charge on any atom is 0.319 e. The van der Waals surface area contributed by atoms with E-state index in [2.05, 4.69) is 85.1 Å². The lowest BCUT2D eigenvalue weighted by Gasteiger charge is -2.39. The summed E-state index contributed by atoms with van der Waals surface area (Å²) in [5.74, 6) is 0. The number of hydrogen-bond acceptors (Lipinski definition) is 1. The molecule has 0 aliphatic carbocycles. The van der Waals surface area contributed by atoms with Gasteiger partial charge in [0.1, 0.15) is 13.1 Å². The molecule has 5 heteroatoms. The van der Waals surface area contributed by atoms with Crippen LogP contribution in [0.25, 0.3) is 0 Å². The van der Waals surface area contributed by atoms with Gasteiger partial charge in [0.15, 0.2) is 0 Å². The second-order valence-electron chi connectivity index (χ2n) is 10.6. The standard InChI is InChI=1S/C34H38ClN3O/c1-27-9-13-30(14-10-27)25-38(26-31-15-11-28(2)12-16-31,24-21-29-17-19-32(35)20-18-29)23-6-22-36-34(39)37-33-7-4-3-5-8-33/h3-5,7-20H,6,21-26H2,1-2H3,(H-,36,37,39)/p+1. The molecule has 0 fully saturated rings. The molecule has 0 aromatic heterocycles. The molecule has 0 heterocycles. The van der Waals surface area contributed by atoms with Crippen LogP contribution in [0.2, 0.25) is 5.02 Å². The molecule has 2 N–H and O–H groups in total. The molecule has 4 nitrogen and oxygen atoms in total. The summed E-state index contributed by atoms with van der Waals surface area (Å²) in [5, 5.41) is 6.73. The van der Waals surface area contributed by atoms with Crippen LogP contribution in [0, 0.1) is 13.8 Å². The molecule has 0 unspecified atom stereocenters. The van der Waals surface area contributed by atoms with Crippen molar-refractivity contribution in [1.29, 1.82) is 0 Å². The number of urea groups is 1. The SMILES string of the molecule is Cc1ccc(C[N+](CCCNC(=O)Nc2ccccc2)(CCc2ccc(Cl)cc2)Cc2ccc(C)cc2)cc1. The van der Waals surface area contributed by atoms with Gasteiger partial charge in [-0.25, -0.2) is 4.79 Å². The highest BCUT2D eigenvalue weighted by atomic mass is 35.5. The van der Waals surface area contributed by atoms with Gasteiger partial charge in [-0.1, -0.05) is 102 Å². The number of halogens is 1. The number of amides is 2. The molecule has 4 aromatic rings. The van der Waals surface area contributed by atoms with Crippen LogP contribution in [0.5, 0.6) is 0 Å². The molecule has 2 amide bonds. The number of aryl methyl sites for hydroxylation is 2. The van der Waals surface area contributed by atoms with E-state index in [1.807, 2.05) is 42.5 Å². The molecule has 0 bridgehead atoms. The Hall–Kier alpha value is -3.60. The summed E-state index contributed by atoms with van der Waals surface area (Å²) in [6.07, 6.45) is 1.83. The second kappa shape index (κ2) is 14.0. The van der Waals surface area contributed by atoms with Crippen LogP contribution in [-0.2, 0) is 19.5 Å². The Bertz CT molecular complexity index is 1260. The highest BCUT2D eigenvalue weighted by Gasteiger charge is 2.28. The molecule has 4 rings (SSSR count). The van der Waals surface area contributed by atoms with Crippen molar-refractivity contribution in [2.75, 3.05) is 25.0 Å². The zero-order chi connectivity index (χ0) is 27.5. The minimum atomic E-state index is -0.169. The van der Waals surface area contributed by atoms with Crippen molar-refractivity contribution in [3.63, 3.8) is 0 Å². The summed E-state index contributed by atoms with van der Waals surface area (Å²) in [7, 11) is 0. The summed E-state index contributed by atoms with van der Waals surface area (Å²) in [4.78, 5) is 12.5. The predicted molar refractivity (Wildman–Crippen MR) is 163 cm³/mol. The van der Waals surface area contributed by atoms with Crippen LogP contribution in [-0.4, -0.2) is 30.1 Å². The van der Waals surface area contributed by atoms with Gasteiger partial charge >= 0.3 is 6.03 Å². The highest BCUT2D eigenvalue weighted by molar-refractivity contribution is 6.30. The zero-order valence-electron chi connectivity index (χ0n) is 23.0. The number of para-hydroxylation sites is 1. The predicted octanol–water partition coefficient (Wildman–Crippen LogP) is 7.93. The van der Waals surface area contributed by atoms with E-state index in [1.54, 1.807) is 0 Å². The van der Waals surface area contributed by atoms with E-state index in [0.29, 0.717) is 6.54 Å². The van der Waals surface area contributed by atoms with Gasteiger partial charge < -0.3 is 15.1 Å². The monoisotopic (exact) mass is 540 g/mol. The Labute approximate surface area is 238 Å². The molecule has 202 valence electrons. The van der Waals surface area contributed by atoms with Crippen LogP contribution in [0.3, 0.4) is 0 Å². The maximum absolute atomic E-state index is 12.5.